The van der Waals surface area contributed by atoms with Gasteiger partial charge in [0, 0.05) is 307 Å². The van der Waals surface area contributed by atoms with Crippen molar-refractivity contribution >= 4 is 41.4 Å². The van der Waals surface area contributed by atoms with Gasteiger partial charge in [-0.25, -0.2) is 0 Å². The average molecular weight is 1670 g/mol. The first-order valence-corrected chi connectivity index (χ1v) is 46.4. The second-order valence-electron chi connectivity index (χ2n) is 38.2. The third-order valence-corrected chi connectivity index (χ3v) is 25.0. The van der Waals surface area contributed by atoms with Gasteiger partial charge in [0.2, 0.25) is 17.7 Å². The number of carbonyl (C=O) groups excluding carboxylic acids is 6. The third-order valence-electron chi connectivity index (χ3n) is 25.0. The molecule has 26 heteroatoms. The van der Waals surface area contributed by atoms with Crippen LogP contribution in [0.3, 0.4) is 0 Å². The molecule has 2 aromatic rings. The number of hydrogen-bond acceptors (Lipinski definition) is 20. The first-order chi connectivity index (χ1) is 56.0. The molecule has 26 nitrogen and oxygen atoms in total. The number of hydrogen-bond donors (Lipinski definition) is 1. The number of fused-ring (bicyclic) bond motifs is 1. The van der Waals surface area contributed by atoms with Crippen molar-refractivity contribution in [3.05, 3.63) is 46.6 Å². The van der Waals surface area contributed by atoms with Crippen LogP contribution in [-0.4, -0.2) is 386 Å². The molecule has 0 unspecified atom stereocenters. The molecule has 684 valence electrons. The minimum Gasteiger partial charge on any atom is -0.389 e. The highest BCUT2D eigenvalue weighted by Gasteiger charge is 2.31. The number of ketones is 2. The zero-order valence-electron chi connectivity index (χ0n) is 80.6. The van der Waals surface area contributed by atoms with Crippen molar-refractivity contribution in [2.24, 2.45) is 42.8 Å². The van der Waals surface area contributed by atoms with E-state index in [0.29, 0.717) is 78.0 Å². The monoisotopic (exact) mass is 1670 g/mol. The standard InChI is InChI=1S/C12H20N4O.C11H16N2O.C11H24N2O.C11H22N2O.C11H21NO.C10H17N3.C10H19NO.C9H18N2O.C8H18N2/c1-10(2)15-4-6-16(7-5-15)12(17)11-8-13-14(3)9-11;1-8(2)11(14)13-4-3-9-5-12-6-10(9)7-13;1-10(2)13-7-5-12(6-8-13)9-11(3,4)14;1-4-5-11(14)13-8-6-12(7-9-13)10(2)3;1-4-11(13)10-5-7-12(8-6-10)9(2)3;1-8(2)13-5-4-10-9(7-13)6-11-12(10)3;1-8(2)10(12)5-4-9-6-11(3)7-9;1-8(2)10-4-6-11(7-5-10)9(3)12;1-8(2)10-6-4-9(3)5-7-10/h8-10H,4-7H2,1-3H3;6,8H,3-5,7H2,1-2H3;10,14H,5-9H2,1-4H3;10H,4-9H2,1-3H3;9-10H,4-8H2,1-3H3;6,8H,4-5,7H2,1-3H3;8-9H,4-7H2,1-3H3;8H,4-7H2,1-3H3;8H,4-7H2,1-3H3. The summed E-state index contributed by atoms with van der Waals surface area (Å²) in [5.74, 6) is 3.26. The summed E-state index contributed by atoms with van der Waals surface area (Å²) >= 11 is 0. The number of rotatable bonds is 19. The zero-order chi connectivity index (χ0) is 89.0. The topological polar surface area (TPSA) is 216 Å². The minimum absolute atomic E-state index is 0.0986. The van der Waals surface area contributed by atoms with Gasteiger partial charge in [-0.2, -0.15) is 10.2 Å². The lowest BCUT2D eigenvalue weighted by atomic mass is 9.91. The molecular weight excluding hydrogens is 1500 g/mol. The van der Waals surface area contributed by atoms with Gasteiger partial charge in [0.1, 0.15) is 11.6 Å². The van der Waals surface area contributed by atoms with Crippen LogP contribution in [0.4, 0.5) is 0 Å². The van der Waals surface area contributed by atoms with Crippen molar-refractivity contribution in [1.82, 2.24) is 88.2 Å². The van der Waals surface area contributed by atoms with Crippen molar-refractivity contribution in [3.8, 4) is 0 Å². The number of β-amino-alcohol motifs (C(OH)–C–C–N with tert-alkyl or cyclic N) is 1. The molecular formula is C93H175N19O7. The SMILES string of the molecule is CC(=O)N1CCN(C(C)C)CC1.CC(C)C(=O)CCC1CN(C)C1.CC(C)C(=O)N1CCC2=C(C=NC2)C1.CC(C)N1CCN(C(=O)c2cnn(C)c2)CC1.CC(C)N1CCN(C)CC1.CC(C)N1CCN(CC(C)(C)O)CC1.CC(C)N1CCc2c(cnn2C)C1.CCC(=O)C1CCN(C(C)C)CC1.CCCC(=O)N1CCN(C(C)C)CC1. The highest BCUT2D eigenvalue weighted by molar-refractivity contribution is 5.94. The Morgan fingerprint density at radius 1 is 0.487 bits per heavy atom. The second kappa shape index (κ2) is 54.4. The number of likely N-dealkylation sites (N-methyl/N-ethyl adjacent to an activating group) is 1. The number of aryl methyl sites for hydroxylation is 2. The highest BCUT2D eigenvalue weighted by atomic mass is 16.3. The molecule has 119 heavy (non-hydrogen) atoms. The van der Waals surface area contributed by atoms with Gasteiger partial charge in [-0.1, -0.05) is 41.5 Å². The molecule has 0 aromatic carbocycles. The Labute approximate surface area is 724 Å². The molecule has 0 aliphatic carbocycles. The van der Waals surface area contributed by atoms with Gasteiger partial charge in [0.25, 0.3) is 5.91 Å². The van der Waals surface area contributed by atoms with Gasteiger partial charge in [-0.15, -0.1) is 0 Å². The maximum atomic E-state index is 12.1. The molecule has 2 aromatic heterocycles. The quantitative estimate of drug-likeness (QED) is 0.138. The fourth-order valence-corrected chi connectivity index (χ4v) is 16.5. The predicted octanol–water partition coefficient (Wildman–Crippen LogP) is 9.99. The van der Waals surface area contributed by atoms with E-state index in [4.69, 9.17) is 0 Å². The van der Waals surface area contributed by atoms with Crippen LogP contribution in [-0.2, 0) is 51.0 Å². The van der Waals surface area contributed by atoms with Crippen LogP contribution in [0.25, 0.3) is 0 Å². The van der Waals surface area contributed by atoms with Crippen LogP contribution in [0.15, 0.2) is 34.7 Å². The lowest BCUT2D eigenvalue weighted by Gasteiger charge is -2.38. The molecule has 10 aliphatic rings. The van der Waals surface area contributed by atoms with Crippen LogP contribution in [0.5, 0.6) is 0 Å². The fourth-order valence-electron chi connectivity index (χ4n) is 16.5. The van der Waals surface area contributed by atoms with Crippen LogP contribution < -0.4 is 0 Å². The first kappa shape index (κ1) is 106. The molecule has 0 spiro atoms. The van der Waals surface area contributed by atoms with E-state index >= 15 is 0 Å². The predicted molar refractivity (Wildman–Crippen MR) is 490 cm³/mol. The van der Waals surface area contributed by atoms with Crippen molar-refractivity contribution in [3.63, 3.8) is 0 Å². The maximum Gasteiger partial charge on any atom is 0.257 e. The van der Waals surface area contributed by atoms with Crippen molar-refractivity contribution < 1.29 is 33.9 Å². The summed E-state index contributed by atoms with van der Waals surface area (Å²) in [6.45, 7) is 79.3. The fraction of sp³-hybridized carbons (Fsp3) is 0.839. The number of piperazine rings is 5. The average Bonchev–Trinajstić information content (AvgIpc) is 1.67. The molecule has 0 bridgehead atoms. The van der Waals surface area contributed by atoms with Crippen LogP contribution >= 0.6 is 0 Å². The van der Waals surface area contributed by atoms with Crippen molar-refractivity contribution in [1.29, 1.82) is 0 Å². The van der Waals surface area contributed by atoms with Gasteiger partial charge in [0.15, 0.2) is 0 Å². The maximum absolute atomic E-state index is 12.1. The van der Waals surface area contributed by atoms with Gasteiger partial charge >= 0.3 is 0 Å². The number of piperidine rings is 1. The Kier molecular flexibility index (Phi) is 48.4. The van der Waals surface area contributed by atoms with E-state index in [1.807, 2.05) is 99.3 Å². The van der Waals surface area contributed by atoms with Crippen LogP contribution in [0.2, 0.25) is 0 Å². The summed E-state index contributed by atoms with van der Waals surface area (Å²) in [5.41, 5.74) is 5.65. The summed E-state index contributed by atoms with van der Waals surface area (Å²) in [5, 5.41) is 18.0. The Morgan fingerprint density at radius 3 is 1.37 bits per heavy atom. The molecule has 1 N–H and O–H groups in total. The second-order valence-corrected chi connectivity index (χ2v) is 38.2. The number of likely N-dealkylation sites (tertiary alicyclic amines) is 2. The van der Waals surface area contributed by atoms with E-state index < -0.39 is 5.60 Å². The molecule has 0 saturated carbocycles. The van der Waals surface area contributed by atoms with E-state index in [9.17, 15) is 33.9 Å². The zero-order valence-corrected chi connectivity index (χ0v) is 80.6. The van der Waals surface area contributed by atoms with Crippen molar-refractivity contribution in [2.75, 3.05) is 204 Å². The molecule has 0 radical (unpaired) electrons. The van der Waals surface area contributed by atoms with E-state index in [1.54, 1.807) is 24.0 Å². The summed E-state index contributed by atoms with van der Waals surface area (Å²) in [6.07, 6.45) is 15.9. The summed E-state index contributed by atoms with van der Waals surface area (Å²) in [7, 11) is 8.18. The number of nitrogens with zero attached hydrogens (tertiary/aromatic N) is 19. The van der Waals surface area contributed by atoms with E-state index in [0.717, 1.165) is 207 Å². The van der Waals surface area contributed by atoms with E-state index in [2.05, 4.69) is 182 Å². The lowest BCUT2D eigenvalue weighted by Crippen LogP contribution is -2.52. The Bertz CT molecular complexity index is 3260. The van der Waals surface area contributed by atoms with E-state index in [1.165, 1.54) is 68.2 Å². The Morgan fingerprint density at radius 2 is 0.950 bits per heavy atom. The molecule has 7 saturated heterocycles. The number of aliphatic hydroxyl groups is 1. The van der Waals surface area contributed by atoms with E-state index in [-0.39, 0.29) is 29.6 Å². The Hall–Kier alpha value is -5.39. The number of aliphatic imine (C=N–C) groups is 1. The molecule has 12 heterocycles. The van der Waals surface area contributed by atoms with Crippen LogP contribution in [0.1, 0.15) is 232 Å². The normalized spacial score (nSPS) is 20.0. The van der Waals surface area contributed by atoms with Gasteiger partial charge in [0.05, 0.1) is 30.1 Å². The number of aromatic nitrogens is 4. The molecule has 0 atom stereocenters. The number of amides is 4. The third kappa shape index (κ3) is 39.1. The van der Waals surface area contributed by atoms with Gasteiger partial charge < -0.3 is 39.4 Å². The first-order valence-electron chi connectivity index (χ1n) is 46.4. The van der Waals surface area contributed by atoms with Gasteiger partial charge in [-0.3, -0.25) is 77.4 Å². The molecule has 10 aliphatic heterocycles. The minimum atomic E-state index is -0.556. The van der Waals surface area contributed by atoms with Crippen LogP contribution in [0, 0.1) is 23.7 Å². The van der Waals surface area contributed by atoms with Gasteiger partial charge in [-0.05, 0) is 187 Å². The largest absolute Gasteiger partial charge is 0.389 e. The summed E-state index contributed by atoms with van der Waals surface area (Å²) < 4.78 is 3.67. The summed E-state index contributed by atoms with van der Waals surface area (Å²) in [4.78, 5) is 105. The number of Topliss-reactive ketones (excluding diaryl/α,β-unsaturated/α-hetero) is 2. The number of carbonyl (C=O) groups is 6. The molecule has 4 amide bonds. The smallest absolute Gasteiger partial charge is 0.257 e. The molecule has 7 fully saturated rings. The van der Waals surface area contributed by atoms with Crippen molar-refractivity contribution in [2.45, 2.75) is 271 Å². The lowest BCUT2D eigenvalue weighted by molar-refractivity contribution is -0.134. The Balaban J connectivity index is 0.000000282. The highest BCUT2D eigenvalue weighted by Crippen LogP contribution is 2.25. The molecule has 12 rings (SSSR count). The summed E-state index contributed by atoms with van der Waals surface area (Å²) in [6, 6.07) is 4.45.